The standard InChI is InChI=1S/C9H14AsNO3/c12-8(10-7-1-2-7)6-3-4-11(5-6)9(13)14/h6-7,10H,1-5H2,(H,13,14). The molecule has 2 aliphatic rings. The number of hydrogen-bond acceptors (Lipinski definition) is 2. The zero-order valence-corrected chi connectivity index (χ0v) is 10.00. The first kappa shape index (κ1) is 10.0. The zero-order chi connectivity index (χ0) is 10.1. The molecule has 1 N–H and O–H groups in total. The minimum absolute atomic E-state index is 0.0340. The van der Waals surface area contributed by atoms with Crippen molar-refractivity contribution in [2.45, 2.75) is 24.0 Å². The fraction of sp³-hybridized carbons (Fsp3) is 0.778. The van der Waals surface area contributed by atoms with E-state index in [1.54, 1.807) is 0 Å². The molecule has 14 heavy (non-hydrogen) atoms. The summed E-state index contributed by atoms with van der Waals surface area (Å²) in [5.74, 6) is 0.0340. The topological polar surface area (TPSA) is 57.6 Å². The summed E-state index contributed by atoms with van der Waals surface area (Å²) in [4.78, 5) is 23.7. The first-order valence-electron chi connectivity index (χ1n) is 4.95. The summed E-state index contributed by atoms with van der Waals surface area (Å²) >= 11 is -0.430. The van der Waals surface area contributed by atoms with Gasteiger partial charge in [0.25, 0.3) is 0 Å². The number of likely N-dealkylation sites (tertiary alicyclic amines) is 1. The van der Waals surface area contributed by atoms with Crippen LogP contribution in [0.4, 0.5) is 4.79 Å². The van der Waals surface area contributed by atoms with Gasteiger partial charge in [-0.1, -0.05) is 0 Å². The minimum atomic E-state index is -0.883. The molecule has 1 heterocycles. The Balaban J connectivity index is 1.81. The van der Waals surface area contributed by atoms with Crippen LogP contribution in [0.1, 0.15) is 19.3 Å². The summed E-state index contributed by atoms with van der Waals surface area (Å²) < 4.78 is 1.14. The van der Waals surface area contributed by atoms with Gasteiger partial charge >= 0.3 is 89.0 Å². The Hall–Kier alpha value is -0.502. The van der Waals surface area contributed by atoms with Crippen molar-refractivity contribution in [3.8, 4) is 0 Å². The molecule has 2 rings (SSSR count). The van der Waals surface area contributed by atoms with Gasteiger partial charge in [0.15, 0.2) is 0 Å². The Bertz CT molecular complexity index is 265. The third-order valence-electron chi connectivity index (χ3n) is 2.75. The molecule has 1 saturated heterocycles. The van der Waals surface area contributed by atoms with E-state index in [-0.39, 0.29) is 5.92 Å². The third-order valence-corrected chi connectivity index (χ3v) is 6.27. The molecule has 5 heteroatoms. The number of nitrogens with zero attached hydrogens (tertiary/aromatic N) is 1. The normalized spacial score (nSPS) is 27.4. The van der Waals surface area contributed by atoms with Gasteiger partial charge in [0.1, 0.15) is 0 Å². The maximum atomic E-state index is 11.7. The van der Waals surface area contributed by atoms with E-state index in [0.29, 0.717) is 17.7 Å². The molecule has 1 amide bonds. The van der Waals surface area contributed by atoms with Crippen molar-refractivity contribution in [3.05, 3.63) is 0 Å². The molecular formula is C9H14AsNO3. The van der Waals surface area contributed by atoms with Crippen molar-refractivity contribution in [1.29, 1.82) is 0 Å². The van der Waals surface area contributed by atoms with Crippen LogP contribution >= 0.6 is 0 Å². The molecule has 1 aliphatic heterocycles. The molecule has 0 aromatic heterocycles. The van der Waals surface area contributed by atoms with Crippen LogP contribution < -0.4 is 0 Å². The van der Waals surface area contributed by atoms with Crippen molar-refractivity contribution >= 4 is 26.4 Å². The number of hydrogen-bond donors (Lipinski definition) is 1. The van der Waals surface area contributed by atoms with Crippen molar-refractivity contribution in [2.75, 3.05) is 13.1 Å². The number of carbonyl (C=O) groups excluding carboxylic acids is 1. The van der Waals surface area contributed by atoms with Gasteiger partial charge in [-0.25, -0.2) is 0 Å². The van der Waals surface area contributed by atoms with E-state index < -0.39 is 21.8 Å². The van der Waals surface area contributed by atoms with Gasteiger partial charge in [0.05, 0.1) is 0 Å². The van der Waals surface area contributed by atoms with Crippen LogP contribution in [-0.4, -0.2) is 49.5 Å². The summed E-state index contributed by atoms with van der Waals surface area (Å²) in [5, 5.41) is 8.73. The quantitative estimate of drug-likeness (QED) is 0.752. The van der Waals surface area contributed by atoms with Crippen molar-refractivity contribution in [2.24, 2.45) is 5.92 Å². The molecular weight excluding hydrogens is 245 g/mol. The second-order valence-electron chi connectivity index (χ2n) is 4.00. The van der Waals surface area contributed by atoms with Crippen LogP contribution in [0.2, 0.25) is 4.71 Å². The van der Waals surface area contributed by atoms with Gasteiger partial charge < -0.3 is 0 Å². The van der Waals surface area contributed by atoms with Crippen LogP contribution in [0.3, 0.4) is 0 Å². The fourth-order valence-corrected chi connectivity index (χ4v) is 4.48. The SMILES string of the molecule is O=C([AsH]C1CC1)C1CCN(C(=O)O)C1. The first-order valence-corrected chi connectivity index (χ1v) is 7.21. The summed E-state index contributed by atoms with van der Waals surface area (Å²) in [7, 11) is 0. The average Bonchev–Trinajstić information content (AvgIpc) is 2.81. The third kappa shape index (κ3) is 2.30. The molecule has 2 unspecified atom stereocenters. The maximum absolute atomic E-state index is 11.7. The molecule has 0 bridgehead atoms. The zero-order valence-electron chi connectivity index (χ0n) is 7.90. The Morgan fingerprint density at radius 2 is 2.00 bits per heavy atom. The second-order valence-corrected chi connectivity index (χ2v) is 7.35. The van der Waals surface area contributed by atoms with E-state index in [1.165, 1.54) is 17.7 Å². The monoisotopic (exact) mass is 259 g/mol. The van der Waals surface area contributed by atoms with Gasteiger partial charge in [-0.3, -0.25) is 0 Å². The van der Waals surface area contributed by atoms with E-state index in [4.69, 9.17) is 5.11 Å². The fourth-order valence-electron chi connectivity index (χ4n) is 1.69. The van der Waals surface area contributed by atoms with Crippen molar-refractivity contribution in [3.63, 3.8) is 0 Å². The molecule has 4 nitrogen and oxygen atoms in total. The molecule has 78 valence electrons. The van der Waals surface area contributed by atoms with Crippen LogP contribution in [-0.2, 0) is 4.79 Å². The molecule has 2 atom stereocenters. The van der Waals surface area contributed by atoms with Gasteiger partial charge in [-0.15, -0.1) is 0 Å². The Morgan fingerprint density at radius 1 is 1.29 bits per heavy atom. The Labute approximate surface area is 89.3 Å². The molecule has 0 aromatic rings. The number of rotatable bonds is 3. The number of carbonyl (C=O) groups is 2. The van der Waals surface area contributed by atoms with E-state index in [9.17, 15) is 9.59 Å². The number of amides is 1. The first-order chi connectivity index (χ1) is 6.66. The summed E-state index contributed by atoms with van der Waals surface area (Å²) in [5.41, 5.74) is 0. The van der Waals surface area contributed by atoms with Crippen LogP contribution in [0.25, 0.3) is 0 Å². The Kier molecular flexibility index (Phi) is 2.82. The van der Waals surface area contributed by atoms with Gasteiger partial charge in [-0.05, 0) is 0 Å². The van der Waals surface area contributed by atoms with Gasteiger partial charge in [0, 0.05) is 0 Å². The summed E-state index contributed by atoms with van der Waals surface area (Å²) in [6.45, 7) is 0.993. The van der Waals surface area contributed by atoms with Crippen LogP contribution in [0.5, 0.6) is 0 Å². The van der Waals surface area contributed by atoms with Crippen molar-refractivity contribution in [1.82, 2.24) is 4.90 Å². The van der Waals surface area contributed by atoms with Crippen LogP contribution in [0.15, 0.2) is 0 Å². The Morgan fingerprint density at radius 3 is 2.50 bits per heavy atom. The van der Waals surface area contributed by atoms with E-state index in [2.05, 4.69) is 0 Å². The van der Waals surface area contributed by atoms with E-state index >= 15 is 0 Å². The van der Waals surface area contributed by atoms with Crippen LogP contribution in [0, 0.1) is 5.92 Å². The molecule has 0 aromatic carbocycles. The molecule has 2 fully saturated rings. The van der Waals surface area contributed by atoms with Crippen molar-refractivity contribution < 1.29 is 14.7 Å². The van der Waals surface area contributed by atoms with E-state index in [0.717, 1.165) is 11.1 Å². The predicted octanol–water partition coefficient (Wildman–Crippen LogP) is 0.532. The molecule has 0 spiro atoms. The van der Waals surface area contributed by atoms with E-state index in [1.807, 2.05) is 0 Å². The average molecular weight is 259 g/mol. The molecule has 1 saturated carbocycles. The molecule has 1 aliphatic carbocycles. The van der Waals surface area contributed by atoms with Gasteiger partial charge in [0.2, 0.25) is 0 Å². The summed E-state index contributed by atoms with van der Waals surface area (Å²) in [6.07, 6.45) is 2.34. The van der Waals surface area contributed by atoms with Gasteiger partial charge in [-0.2, -0.15) is 0 Å². The second kappa shape index (κ2) is 3.93. The number of carboxylic acid groups (broad SMARTS) is 1. The summed E-state index contributed by atoms with van der Waals surface area (Å²) in [6, 6.07) is 0. The predicted molar refractivity (Wildman–Crippen MR) is 52.8 cm³/mol. The molecule has 0 radical (unpaired) electrons.